The predicted octanol–water partition coefficient (Wildman–Crippen LogP) is 0.637. The van der Waals surface area contributed by atoms with Crippen molar-refractivity contribution in [2.75, 3.05) is 6.26 Å². The average Bonchev–Trinajstić information content (AvgIpc) is 2.65. The zero-order valence-electron chi connectivity index (χ0n) is 11.7. The Bertz CT molecular complexity index is 728. The molecule has 1 unspecified atom stereocenters. The van der Waals surface area contributed by atoms with E-state index >= 15 is 0 Å². The number of nitrogens with zero attached hydrogens (tertiary/aromatic N) is 1. The Balaban J connectivity index is 0.000000383. The van der Waals surface area contributed by atoms with Gasteiger partial charge in [0.2, 0.25) is 0 Å². The number of carboxylic acid groups (broad SMARTS) is 1. The summed E-state index contributed by atoms with van der Waals surface area (Å²) in [5, 5.41) is 9.86. The summed E-state index contributed by atoms with van der Waals surface area (Å²) in [6.07, 6.45) is 3.01. The van der Waals surface area contributed by atoms with Gasteiger partial charge in [-0.25, -0.2) is 0 Å². The Hall–Kier alpha value is -1.90. The number of benzene rings is 1. The van der Waals surface area contributed by atoms with Crippen LogP contribution in [0.3, 0.4) is 0 Å². The maximum atomic E-state index is 10.7. The van der Waals surface area contributed by atoms with Gasteiger partial charge in [0.25, 0.3) is 10.1 Å². The molecule has 0 fully saturated rings. The Morgan fingerprint density at radius 3 is 2.43 bits per heavy atom. The van der Waals surface area contributed by atoms with Crippen LogP contribution in [0, 0.1) is 0 Å². The lowest BCUT2D eigenvalue weighted by molar-refractivity contribution is -0.138. The molecule has 0 saturated heterocycles. The monoisotopic (exact) mass is 314 g/mol. The first-order valence-electron chi connectivity index (χ1n) is 6.03. The van der Waals surface area contributed by atoms with Gasteiger partial charge in [0.15, 0.2) is 0 Å². The largest absolute Gasteiger partial charge is 0.480 e. The lowest BCUT2D eigenvalue weighted by Gasteiger charge is -2.04. The molecule has 0 amide bonds. The number of nitrogens with two attached hydrogens (primary N) is 1. The van der Waals surface area contributed by atoms with Gasteiger partial charge < -0.3 is 15.4 Å². The highest BCUT2D eigenvalue weighted by molar-refractivity contribution is 7.85. The van der Waals surface area contributed by atoms with Crippen molar-refractivity contribution in [3.05, 3.63) is 36.0 Å². The van der Waals surface area contributed by atoms with Gasteiger partial charge in [0.05, 0.1) is 6.26 Å². The van der Waals surface area contributed by atoms with E-state index in [1.807, 2.05) is 42.1 Å². The van der Waals surface area contributed by atoms with Gasteiger partial charge in [-0.1, -0.05) is 18.2 Å². The van der Waals surface area contributed by atoms with E-state index in [0.717, 1.165) is 16.5 Å². The summed E-state index contributed by atoms with van der Waals surface area (Å²) in [7, 11) is -1.72. The number of hydrogen-bond donors (Lipinski definition) is 3. The van der Waals surface area contributed by atoms with Gasteiger partial charge in [-0.3, -0.25) is 9.35 Å². The summed E-state index contributed by atoms with van der Waals surface area (Å²) in [5.74, 6) is -0.965. The van der Waals surface area contributed by atoms with Crippen LogP contribution in [-0.2, 0) is 28.4 Å². The van der Waals surface area contributed by atoms with Crippen LogP contribution in [0.2, 0.25) is 0 Å². The second-order valence-electron chi connectivity index (χ2n) is 4.66. The van der Waals surface area contributed by atoms with E-state index in [-0.39, 0.29) is 0 Å². The molecule has 0 aliphatic rings. The zero-order chi connectivity index (χ0) is 16.2. The predicted molar refractivity (Wildman–Crippen MR) is 79.7 cm³/mol. The first-order valence-corrected chi connectivity index (χ1v) is 7.88. The number of aryl methyl sites for hydroxylation is 1. The number of carboxylic acids is 1. The van der Waals surface area contributed by atoms with Gasteiger partial charge in [-0.15, -0.1) is 0 Å². The summed E-state index contributed by atoms with van der Waals surface area (Å²) in [4.78, 5) is 10.7. The highest BCUT2D eigenvalue weighted by Gasteiger charge is 2.15. The molecule has 21 heavy (non-hydrogen) atoms. The molecule has 8 heteroatoms. The Morgan fingerprint density at radius 1 is 1.38 bits per heavy atom. The Kier molecular flexibility index (Phi) is 5.47. The second kappa shape index (κ2) is 6.70. The fraction of sp³-hybridized carbons (Fsp3) is 0.308. The first-order chi connectivity index (χ1) is 9.59. The van der Waals surface area contributed by atoms with Crippen molar-refractivity contribution in [1.29, 1.82) is 0 Å². The molecular formula is C13H18N2O5S. The number of rotatable bonds is 3. The summed E-state index contributed by atoms with van der Waals surface area (Å²) in [6.45, 7) is 0. The molecule has 4 N–H and O–H groups in total. The molecule has 7 nitrogen and oxygen atoms in total. The molecule has 116 valence electrons. The number of hydrogen-bond acceptors (Lipinski definition) is 4. The topological polar surface area (TPSA) is 123 Å². The molecule has 1 aromatic carbocycles. The van der Waals surface area contributed by atoms with Gasteiger partial charge >= 0.3 is 5.97 Å². The van der Waals surface area contributed by atoms with E-state index in [2.05, 4.69) is 0 Å². The third-order valence-corrected chi connectivity index (χ3v) is 2.74. The molecule has 0 saturated carbocycles. The van der Waals surface area contributed by atoms with Crippen molar-refractivity contribution < 1.29 is 22.9 Å². The lowest BCUT2D eigenvalue weighted by Crippen LogP contribution is -2.32. The summed E-state index contributed by atoms with van der Waals surface area (Å²) >= 11 is 0. The van der Waals surface area contributed by atoms with Crippen molar-refractivity contribution in [2.24, 2.45) is 12.8 Å². The normalized spacial score (nSPS) is 12.6. The number of fused-ring (bicyclic) bond motifs is 1. The maximum Gasteiger partial charge on any atom is 0.320 e. The highest BCUT2D eigenvalue weighted by atomic mass is 32.2. The van der Waals surface area contributed by atoms with Crippen LogP contribution in [0.5, 0.6) is 0 Å². The molecule has 0 spiro atoms. The van der Waals surface area contributed by atoms with E-state index in [9.17, 15) is 13.2 Å². The molecule has 1 heterocycles. The minimum absolute atomic E-state index is 0.358. The Labute approximate surface area is 122 Å². The first kappa shape index (κ1) is 17.2. The number of aliphatic carboxylic acids is 1. The van der Waals surface area contributed by atoms with E-state index in [0.29, 0.717) is 12.7 Å². The molecule has 0 bridgehead atoms. The smallest absolute Gasteiger partial charge is 0.320 e. The molecular weight excluding hydrogens is 296 g/mol. The van der Waals surface area contributed by atoms with Crippen LogP contribution in [0.15, 0.2) is 30.5 Å². The summed E-state index contributed by atoms with van der Waals surface area (Å²) in [6, 6.07) is 7.05. The minimum atomic E-state index is -3.67. The standard InChI is InChI=1S/C12H14N2O2.CH4O3S/c1-14-7-8(6-10(13)12(15)16)9-4-2-3-5-11(9)14;1-5(2,3)4/h2-5,7,10H,6,13H2,1H3,(H,15,16);1H3,(H,2,3,4). The quantitative estimate of drug-likeness (QED) is 0.714. The van der Waals surface area contributed by atoms with Crippen molar-refractivity contribution >= 4 is 27.0 Å². The molecule has 1 aromatic heterocycles. The fourth-order valence-electron chi connectivity index (χ4n) is 1.91. The molecule has 2 rings (SSSR count). The zero-order valence-corrected chi connectivity index (χ0v) is 12.5. The summed E-state index contributed by atoms with van der Waals surface area (Å²) < 4.78 is 27.9. The highest BCUT2D eigenvalue weighted by Crippen LogP contribution is 2.21. The minimum Gasteiger partial charge on any atom is -0.480 e. The third kappa shape index (κ3) is 5.54. The van der Waals surface area contributed by atoms with Gasteiger partial charge in [-0.05, 0) is 11.6 Å². The second-order valence-corrected chi connectivity index (χ2v) is 6.13. The number of carbonyl (C=O) groups is 1. The fourth-order valence-corrected chi connectivity index (χ4v) is 1.91. The van der Waals surface area contributed by atoms with Crippen LogP contribution in [0.25, 0.3) is 10.9 Å². The molecule has 0 aliphatic heterocycles. The van der Waals surface area contributed by atoms with Gasteiger partial charge in [0.1, 0.15) is 6.04 Å². The number of aromatic nitrogens is 1. The van der Waals surface area contributed by atoms with E-state index < -0.39 is 22.1 Å². The van der Waals surface area contributed by atoms with E-state index in [4.69, 9.17) is 15.4 Å². The maximum absolute atomic E-state index is 10.7. The summed E-state index contributed by atoms with van der Waals surface area (Å²) in [5.41, 5.74) is 7.61. The molecule has 0 radical (unpaired) electrons. The molecule has 2 aromatic rings. The Morgan fingerprint density at radius 2 is 1.90 bits per heavy atom. The van der Waals surface area contributed by atoms with E-state index in [1.165, 1.54) is 0 Å². The van der Waals surface area contributed by atoms with Crippen LogP contribution in [0.1, 0.15) is 5.56 Å². The van der Waals surface area contributed by atoms with Crippen LogP contribution < -0.4 is 5.73 Å². The number of para-hydroxylation sites is 1. The molecule has 0 aliphatic carbocycles. The van der Waals surface area contributed by atoms with Crippen LogP contribution in [0.4, 0.5) is 0 Å². The average molecular weight is 314 g/mol. The molecule has 1 atom stereocenters. The van der Waals surface area contributed by atoms with Crippen molar-refractivity contribution in [1.82, 2.24) is 4.57 Å². The third-order valence-electron chi connectivity index (χ3n) is 2.74. The SMILES string of the molecule is CS(=O)(=O)O.Cn1cc(CC(N)C(=O)O)c2ccccc21. The van der Waals surface area contributed by atoms with Crippen molar-refractivity contribution in [2.45, 2.75) is 12.5 Å². The lowest BCUT2D eigenvalue weighted by atomic mass is 10.1. The van der Waals surface area contributed by atoms with Crippen molar-refractivity contribution in [3.8, 4) is 0 Å². The van der Waals surface area contributed by atoms with Gasteiger partial charge in [0, 0.05) is 30.6 Å². The van der Waals surface area contributed by atoms with E-state index in [1.54, 1.807) is 0 Å². The van der Waals surface area contributed by atoms with Gasteiger partial charge in [-0.2, -0.15) is 8.42 Å². The van der Waals surface area contributed by atoms with Crippen LogP contribution in [-0.4, -0.2) is 40.9 Å². The van der Waals surface area contributed by atoms with Crippen molar-refractivity contribution in [3.63, 3.8) is 0 Å². The van der Waals surface area contributed by atoms with Crippen LogP contribution >= 0.6 is 0 Å².